The summed E-state index contributed by atoms with van der Waals surface area (Å²) in [7, 11) is -3.68. The van der Waals surface area contributed by atoms with Crippen molar-refractivity contribution in [2.24, 2.45) is 5.92 Å². The number of benzene rings is 1. The van der Waals surface area contributed by atoms with Gasteiger partial charge in [0.05, 0.1) is 11.4 Å². The number of fused-ring (bicyclic) bond motifs is 1. The van der Waals surface area contributed by atoms with Crippen LogP contribution in [0.3, 0.4) is 0 Å². The Morgan fingerprint density at radius 3 is 2.64 bits per heavy atom. The Hall–Kier alpha value is -2.41. The van der Waals surface area contributed by atoms with Gasteiger partial charge in [0.1, 0.15) is 0 Å². The smallest absolute Gasteiger partial charge is 0.264 e. The first-order valence-electron chi connectivity index (χ1n) is 9.88. The average Bonchev–Trinajstić information content (AvgIpc) is 2.74. The van der Waals surface area contributed by atoms with Crippen LogP contribution in [0.25, 0.3) is 10.8 Å². The third kappa shape index (κ3) is 3.76. The largest absolute Gasteiger partial charge is 0.316 e. The van der Waals surface area contributed by atoms with Gasteiger partial charge in [-0.25, -0.2) is 8.42 Å². The number of nitrogens with zero attached hydrogens (tertiary/aromatic N) is 3. The second-order valence-corrected chi connectivity index (χ2v) is 9.42. The number of rotatable bonds is 4. The van der Waals surface area contributed by atoms with Crippen LogP contribution >= 0.6 is 0 Å². The highest BCUT2D eigenvalue weighted by Crippen LogP contribution is 2.28. The minimum atomic E-state index is -3.68. The van der Waals surface area contributed by atoms with E-state index in [1.54, 1.807) is 41.7 Å². The van der Waals surface area contributed by atoms with E-state index >= 15 is 0 Å². The second kappa shape index (κ2) is 7.91. The van der Waals surface area contributed by atoms with Gasteiger partial charge >= 0.3 is 0 Å². The fourth-order valence-electron chi connectivity index (χ4n) is 4.12. The van der Waals surface area contributed by atoms with Crippen molar-refractivity contribution in [2.45, 2.75) is 43.4 Å². The van der Waals surface area contributed by atoms with Crippen LogP contribution in [0.15, 0.2) is 54.0 Å². The molecule has 1 aliphatic heterocycles. The molecule has 1 aromatic carbocycles. The Morgan fingerprint density at radius 2 is 1.89 bits per heavy atom. The molecule has 0 bridgehead atoms. The molecule has 1 saturated carbocycles. The molecule has 1 amide bonds. The molecule has 2 heterocycles. The fraction of sp³-hybridized carbons (Fsp3) is 0.429. The van der Waals surface area contributed by atoms with Crippen LogP contribution in [-0.2, 0) is 14.8 Å². The van der Waals surface area contributed by atoms with Gasteiger partial charge in [-0.3, -0.25) is 14.1 Å². The van der Waals surface area contributed by atoms with E-state index in [0.29, 0.717) is 24.3 Å². The molecule has 28 heavy (non-hydrogen) atoms. The van der Waals surface area contributed by atoms with Gasteiger partial charge in [0.25, 0.3) is 10.0 Å². The third-order valence-electron chi connectivity index (χ3n) is 5.71. The van der Waals surface area contributed by atoms with Crippen molar-refractivity contribution >= 4 is 26.7 Å². The van der Waals surface area contributed by atoms with Gasteiger partial charge in [-0.1, -0.05) is 31.4 Å². The molecule has 0 spiro atoms. The standard InChI is InChI=1S/C21H25N3O3S/c25-21(15-17-5-2-1-3-6-17)23-11-13-24(14-12-23)28(26,27)20-8-4-7-18-16-22-10-9-19(18)20/h4,7-11,13,16-17H,1-3,5-6,12,14-15H2. The summed E-state index contributed by atoms with van der Waals surface area (Å²) in [5.74, 6) is 0.567. The first-order chi connectivity index (χ1) is 13.6. The van der Waals surface area contributed by atoms with E-state index in [2.05, 4.69) is 4.98 Å². The molecule has 0 saturated heterocycles. The quantitative estimate of drug-likeness (QED) is 0.789. The molecule has 0 unspecified atom stereocenters. The van der Waals surface area contributed by atoms with Gasteiger partial charge < -0.3 is 4.90 Å². The molecule has 1 aromatic heterocycles. The first kappa shape index (κ1) is 18.9. The van der Waals surface area contributed by atoms with Gasteiger partial charge in [-0.15, -0.1) is 0 Å². The number of carbonyl (C=O) groups excluding carboxylic acids is 1. The molecule has 2 aliphatic rings. The van der Waals surface area contributed by atoms with Crippen molar-refractivity contribution in [2.75, 3.05) is 13.1 Å². The number of aromatic nitrogens is 1. The van der Waals surface area contributed by atoms with Crippen LogP contribution in [0, 0.1) is 5.92 Å². The van der Waals surface area contributed by atoms with Gasteiger partial charge in [0.2, 0.25) is 5.91 Å². The molecule has 4 rings (SSSR count). The van der Waals surface area contributed by atoms with Crippen molar-refractivity contribution in [3.8, 4) is 0 Å². The molecule has 0 N–H and O–H groups in total. The maximum atomic E-state index is 13.1. The van der Waals surface area contributed by atoms with E-state index in [1.165, 1.54) is 29.8 Å². The van der Waals surface area contributed by atoms with Crippen molar-refractivity contribution in [1.29, 1.82) is 0 Å². The van der Waals surface area contributed by atoms with E-state index in [4.69, 9.17) is 0 Å². The minimum Gasteiger partial charge on any atom is -0.316 e. The zero-order valence-corrected chi connectivity index (χ0v) is 16.6. The Morgan fingerprint density at radius 1 is 1.07 bits per heavy atom. The third-order valence-corrected chi connectivity index (χ3v) is 7.54. The summed E-state index contributed by atoms with van der Waals surface area (Å²) < 4.78 is 27.6. The zero-order valence-electron chi connectivity index (χ0n) is 15.8. The SMILES string of the molecule is O=C(CC1CCCCC1)N1C=CN(S(=O)(=O)c2cccc3cnccc23)CC1. The molecule has 148 valence electrons. The Labute approximate surface area is 165 Å². The van der Waals surface area contributed by atoms with Gasteiger partial charge in [-0.05, 0) is 30.9 Å². The summed E-state index contributed by atoms with van der Waals surface area (Å²) in [4.78, 5) is 18.5. The molecular formula is C21H25N3O3S. The fourth-order valence-corrected chi connectivity index (χ4v) is 5.62. The molecule has 6 nitrogen and oxygen atoms in total. The van der Waals surface area contributed by atoms with Crippen molar-refractivity contribution in [1.82, 2.24) is 14.2 Å². The lowest BCUT2D eigenvalue weighted by molar-refractivity contribution is -0.130. The molecule has 0 radical (unpaired) electrons. The van der Waals surface area contributed by atoms with Crippen LogP contribution in [0.4, 0.5) is 0 Å². The summed E-state index contributed by atoms with van der Waals surface area (Å²) >= 11 is 0. The van der Waals surface area contributed by atoms with E-state index in [-0.39, 0.29) is 17.3 Å². The van der Waals surface area contributed by atoms with Crippen molar-refractivity contribution in [3.63, 3.8) is 0 Å². The number of amides is 1. The predicted molar refractivity (Wildman–Crippen MR) is 108 cm³/mol. The van der Waals surface area contributed by atoms with Crippen LogP contribution in [0.5, 0.6) is 0 Å². The maximum Gasteiger partial charge on any atom is 0.264 e. The lowest BCUT2D eigenvalue weighted by Gasteiger charge is -2.31. The van der Waals surface area contributed by atoms with E-state index in [0.717, 1.165) is 18.2 Å². The summed E-state index contributed by atoms with van der Waals surface area (Å²) in [5, 5.41) is 1.44. The van der Waals surface area contributed by atoms with Crippen LogP contribution in [0.1, 0.15) is 38.5 Å². The van der Waals surface area contributed by atoms with Crippen LogP contribution in [-0.4, -0.2) is 41.6 Å². The van der Waals surface area contributed by atoms with Gasteiger partial charge in [0.15, 0.2) is 0 Å². The maximum absolute atomic E-state index is 13.1. The van der Waals surface area contributed by atoms with Crippen molar-refractivity contribution < 1.29 is 13.2 Å². The number of pyridine rings is 1. The molecule has 0 atom stereocenters. The van der Waals surface area contributed by atoms with Gasteiger partial charge in [0, 0.05) is 48.5 Å². The Kier molecular flexibility index (Phi) is 5.35. The minimum absolute atomic E-state index is 0.0939. The van der Waals surface area contributed by atoms with Crippen LogP contribution in [0.2, 0.25) is 0 Å². The number of hydrogen-bond donors (Lipinski definition) is 0. The zero-order chi connectivity index (χ0) is 19.6. The number of carbonyl (C=O) groups is 1. The molecule has 1 aliphatic carbocycles. The van der Waals surface area contributed by atoms with E-state index in [9.17, 15) is 13.2 Å². The van der Waals surface area contributed by atoms with E-state index < -0.39 is 10.0 Å². The highest BCUT2D eigenvalue weighted by molar-refractivity contribution is 7.89. The van der Waals surface area contributed by atoms with Gasteiger partial charge in [-0.2, -0.15) is 0 Å². The predicted octanol–water partition coefficient (Wildman–Crippen LogP) is 3.51. The Balaban J connectivity index is 1.50. The lowest BCUT2D eigenvalue weighted by atomic mass is 9.86. The summed E-state index contributed by atoms with van der Waals surface area (Å²) in [6, 6.07) is 6.91. The highest BCUT2D eigenvalue weighted by atomic mass is 32.2. The van der Waals surface area contributed by atoms with E-state index in [1.807, 2.05) is 6.07 Å². The monoisotopic (exact) mass is 399 g/mol. The molecule has 7 heteroatoms. The molecule has 1 fully saturated rings. The topological polar surface area (TPSA) is 70.6 Å². The highest BCUT2D eigenvalue weighted by Gasteiger charge is 2.28. The Bertz CT molecular complexity index is 992. The molecular weight excluding hydrogens is 374 g/mol. The molecule has 2 aromatic rings. The normalized spacial score (nSPS) is 18.6. The van der Waals surface area contributed by atoms with Crippen LogP contribution < -0.4 is 0 Å². The number of sulfonamides is 1. The first-order valence-corrected chi connectivity index (χ1v) is 11.3. The second-order valence-electron chi connectivity index (χ2n) is 7.56. The summed E-state index contributed by atoms with van der Waals surface area (Å²) in [6.07, 6.45) is 12.9. The van der Waals surface area contributed by atoms with Crippen molar-refractivity contribution in [3.05, 3.63) is 49.1 Å². The average molecular weight is 400 g/mol. The summed E-state index contributed by atoms with van der Waals surface area (Å²) in [5.41, 5.74) is 0. The number of hydrogen-bond acceptors (Lipinski definition) is 4. The lowest BCUT2D eigenvalue weighted by Crippen LogP contribution is -2.41. The summed E-state index contributed by atoms with van der Waals surface area (Å²) in [6.45, 7) is 0.643.